The molecule has 0 spiro atoms. The number of hydrogen-bond acceptors (Lipinski definition) is 1. The fourth-order valence-corrected chi connectivity index (χ4v) is 2.95. The fraction of sp³-hybridized carbons (Fsp3) is 0.211. The van der Waals surface area contributed by atoms with Crippen molar-refractivity contribution in [1.29, 1.82) is 0 Å². The van der Waals surface area contributed by atoms with Gasteiger partial charge in [-0.3, -0.25) is 0 Å². The smallest absolute Gasteiger partial charge is 0.337 e. The van der Waals surface area contributed by atoms with Crippen LogP contribution in [-0.4, -0.2) is 15.6 Å². The molecule has 0 radical (unpaired) electrons. The first-order valence-electron chi connectivity index (χ1n) is 7.58. The first-order valence-corrected chi connectivity index (χ1v) is 7.95. The number of hydrogen-bond donors (Lipinski definition) is 1. The summed E-state index contributed by atoms with van der Waals surface area (Å²) in [5, 5.41) is 10.9. The molecular formula is C19H18ClNO2. The maximum Gasteiger partial charge on any atom is 0.337 e. The number of aromatic carboxylic acids is 1. The van der Waals surface area contributed by atoms with Crippen LogP contribution in [0.4, 0.5) is 0 Å². The van der Waals surface area contributed by atoms with E-state index in [1.807, 2.05) is 47.0 Å². The lowest BCUT2D eigenvalue weighted by Gasteiger charge is -2.09. The van der Waals surface area contributed by atoms with Gasteiger partial charge in [-0.1, -0.05) is 49.7 Å². The van der Waals surface area contributed by atoms with Crippen molar-refractivity contribution in [1.82, 2.24) is 4.57 Å². The van der Waals surface area contributed by atoms with Crippen LogP contribution in [0, 0.1) is 5.92 Å². The van der Waals surface area contributed by atoms with Crippen LogP contribution in [0.3, 0.4) is 0 Å². The summed E-state index contributed by atoms with van der Waals surface area (Å²) in [6, 6.07) is 13.5. The zero-order valence-electron chi connectivity index (χ0n) is 13.1. The van der Waals surface area contributed by atoms with Gasteiger partial charge in [-0.05, 0) is 35.2 Å². The molecule has 23 heavy (non-hydrogen) atoms. The molecule has 4 heteroatoms. The van der Waals surface area contributed by atoms with Crippen molar-refractivity contribution < 1.29 is 9.90 Å². The minimum absolute atomic E-state index is 0.350. The molecule has 0 aliphatic rings. The van der Waals surface area contributed by atoms with E-state index in [1.54, 1.807) is 6.20 Å². The average Bonchev–Trinajstić information content (AvgIpc) is 2.86. The van der Waals surface area contributed by atoms with Crippen molar-refractivity contribution in [3.63, 3.8) is 0 Å². The summed E-state index contributed by atoms with van der Waals surface area (Å²) < 4.78 is 2.03. The Kier molecular flexibility index (Phi) is 4.14. The number of carboxylic acid groups (broad SMARTS) is 1. The van der Waals surface area contributed by atoms with Crippen molar-refractivity contribution in [3.8, 4) is 11.1 Å². The molecule has 0 atom stereocenters. The highest BCUT2D eigenvalue weighted by Gasteiger charge is 2.15. The van der Waals surface area contributed by atoms with Gasteiger partial charge in [-0.25, -0.2) is 4.79 Å². The quantitative estimate of drug-likeness (QED) is 0.705. The maximum atomic E-state index is 11.5. The predicted molar refractivity (Wildman–Crippen MR) is 94.2 cm³/mol. The molecule has 3 aromatic rings. The van der Waals surface area contributed by atoms with Crippen LogP contribution in [-0.2, 0) is 6.54 Å². The Morgan fingerprint density at radius 1 is 1.13 bits per heavy atom. The number of fused-ring (bicyclic) bond motifs is 1. The summed E-state index contributed by atoms with van der Waals surface area (Å²) in [4.78, 5) is 11.5. The molecule has 0 unspecified atom stereocenters. The van der Waals surface area contributed by atoms with Gasteiger partial charge in [0, 0.05) is 28.7 Å². The average molecular weight is 328 g/mol. The van der Waals surface area contributed by atoms with Crippen molar-refractivity contribution in [2.24, 2.45) is 5.92 Å². The largest absolute Gasteiger partial charge is 0.478 e. The topological polar surface area (TPSA) is 42.2 Å². The third-order valence-electron chi connectivity index (χ3n) is 3.85. The van der Waals surface area contributed by atoms with Crippen molar-refractivity contribution in [2.45, 2.75) is 20.4 Å². The Balaban J connectivity index is 2.17. The van der Waals surface area contributed by atoms with Crippen LogP contribution in [0.2, 0.25) is 5.02 Å². The highest BCUT2D eigenvalue weighted by Crippen LogP contribution is 2.29. The molecule has 0 fully saturated rings. The number of nitrogens with zero attached hydrogens (tertiary/aromatic N) is 1. The molecule has 3 nitrogen and oxygen atoms in total. The Bertz CT molecular complexity index is 863. The third-order valence-corrected chi connectivity index (χ3v) is 4.10. The molecule has 0 saturated heterocycles. The van der Waals surface area contributed by atoms with E-state index in [0.29, 0.717) is 16.5 Å². The summed E-state index contributed by atoms with van der Waals surface area (Å²) in [6.07, 6.45) is 1.73. The predicted octanol–water partition coefficient (Wildman–Crippen LogP) is 5.32. The molecule has 0 saturated carbocycles. The van der Waals surface area contributed by atoms with Crippen molar-refractivity contribution in [2.75, 3.05) is 0 Å². The maximum absolute atomic E-state index is 11.5. The monoisotopic (exact) mass is 327 g/mol. The Morgan fingerprint density at radius 2 is 1.78 bits per heavy atom. The molecule has 0 amide bonds. The van der Waals surface area contributed by atoms with E-state index < -0.39 is 5.97 Å². The van der Waals surface area contributed by atoms with E-state index >= 15 is 0 Å². The van der Waals surface area contributed by atoms with Gasteiger partial charge in [0.2, 0.25) is 0 Å². The first-order chi connectivity index (χ1) is 11.0. The second-order valence-electron chi connectivity index (χ2n) is 6.13. The number of benzene rings is 2. The molecule has 118 valence electrons. The molecule has 1 N–H and O–H groups in total. The summed E-state index contributed by atoms with van der Waals surface area (Å²) in [6.45, 7) is 5.03. The second-order valence-corrected chi connectivity index (χ2v) is 6.57. The number of aromatic nitrogens is 1. The second kappa shape index (κ2) is 6.09. The van der Waals surface area contributed by atoms with E-state index in [2.05, 4.69) is 13.8 Å². The Morgan fingerprint density at radius 3 is 2.39 bits per heavy atom. The normalized spacial score (nSPS) is 11.3. The lowest BCUT2D eigenvalue weighted by Crippen LogP contribution is -2.03. The van der Waals surface area contributed by atoms with E-state index in [-0.39, 0.29) is 0 Å². The molecule has 3 rings (SSSR count). The zero-order valence-corrected chi connectivity index (χ0v) is 13.8. The van der Waals surface area contributed by atoms with Crippen LogP contribution in [0.1, 0.15) is 24.2 Å². The minimum Gasteiger partial charge on any atom is -0.478 e. The van der Waals surface area contributed by atoms with Gasteiger partial charge < -0.3 is 9.67 Å². The summed E-state index contributed by atoms with van der Waals surface area (Å²) in [5.41, 5.74) is 3.41. The van der Waals surface area contributed by atoms with Crippen molar-refractivity contribution >= 4 is 28.5 Å². The number of carbonyl (C=O) groups is 1. The molecule has 1 aromatic heterocycles. The van der Waals surface area contributed by atoms with Crippen LogP contribution < -0.4 is 0 Å². The highest BCUT2D eigenvalue weighted by atomic mass is 35.5. The van der Waals surface area contributed by atoms with Gasteiger partial charge in [-0.15, -0.1) is 0 Å². The zero-order chi connectivity index (χ0) is 16.6. The van der Waals surface area contributed by atoms with Crippen LogP contribution in [0.15, 0.2) is 48.7 Å². The van der Waals surface area contributed by atoms with Gasteiger partial charge in [0.05, 0.1) is 5.56 Å². The lowest BCUT2D eigenvalue weighted by molar-refractivity contribution is 0.0698. The van der Waals surface area contributed by atoms with Gasteiger partial charge in [0.15, 0.2) is 0 Å². The van der Waals surface area contributed by atoms with E-state index in [4.69, 9.17) is 11.6 Å². The summed E-state index contributed by atoms with van der Waals surface area (Å²) in [5.74, 6) is -0.455. The van der Waals surface area contributed by atoms with Crippen molar-refractivity contribution in [3.05, 3.63) is 59.2 Å². The van der Waals surface area contributed by atoms with Crippen LogP contribution in [0.25, 0.3) is 22.0 Å². The molecule has 0 bridgehead atoms. The van der Waals surface area contributed by atoms with Crippen LogP contribution in [0.5, 0.6) is 0 Å². The molecule has 0 aliphatic carbocycles. The molecular weight excluding hydrogens is 310 g/mol. The van der Waals surface area contributed by atoms with Gasteiger partial charge >= 0.3 is 5.97 Å². The standard InChI is InChI=1S/C19H18ClNO2/c1-12(2)10-21-11-17(19(22)23)16-8-5-14(9-18(16)21)13-3-6-15(20)7-4-13/h3-9,11-12H,10H2,1-2H3,(H,22,23). The molecule has 0 aliphatic heterocycles. The minimum atomic E-state index is -0.892. The van der Waals surface area contributed by atoms with Gasteiger partial charge in [0.1, 0.15) is 0 Å². The van der Waals surface area contributed by atoms with E-state index in [1.165, 1.54) is 0 Å². The first kappa shape index (κ1) is 15.6. The Labute approximate surface area is 140 Å². The van der Waals surface area contributed by atoms with Gasteiger partial charge in [-0.2, -0.15) is 0 Å². The molecule has 2 aromatic carbocycles. The highest BCUT2D eigenvalue weighted by molar-refractivity contribution is 6.30. The van der Waals surface area contributed by atoms with E-state index in [0.717, 1.165) is 28.6 Å². The fourth-order valence-electron chi connectivity index (χ4n) is 2.83. The summed E-state index contributed by atoms with van der Waals surface area (Å²) >= 11 is 5.95. The molecule has 1 heterocycles. The number of rotatable bonds is 4. The summed E-state index contributed by atoms with van der Waals surface area (Å²) in [7, 11) is 0. The number of halogens is 1. The third kappa shape index (κ3) is 3.10. The number of carboxylic acids is 1. The van der Waals surface area contributed by atoms with E-state index in [9.17, 15) is 9.90 Å². The SMILES string of the molecule is CC(C)Cn1cc(C(=O)O)c2ccc(-c3ccc(Cl)cc3)cc21. The lowest BCUT2D eigenvalue weighted by atomic mass is 10.0. The van der Waals surface area contributed by atoms with Crippen LogP contribution >= 0.6 is 11.6 Å². The van der Waals surface area contributed by atoms with Gasteiger partial charge in [0.25, 0.3) is 0 Å². The Hall–Kier alpha value is -2.26.